The fourth-order valence-corrected chi connectivity index (χ4v) is 3.63. The average Bonchev–Trinajstić information content (AvgIpc) is 2.52. The number of ether oxygens (including phenoxy) is 1. The van der Waals surface area contributed by atoms with Crippen molar-refractivity contribution >= 4 is 17.7 Å². The largest absolute Gasteiger partial charge is 0.444 e. The van der Waals surface area contributed by atoms with Gasteiger partial charge in [-0.3, -0.25) is 0 Å². The molecular weight excluding hydrogens is 324 g/mol. The van der Waals surface area contributed by atoms with Crippen molar-refractivity contribution in [1.82, 2.24) is 10.2 Å². The molecule has 1 N–H and O–H groups in total. The fourth-order valence-electron chi connectivity index (χ4n) is 3.36. The highest BCUT2D eigenvalue weighted by Crippen LogP contribution is 2.35. The summed E-state index contributed by atoms with van der Waals surface area (Å²) in [6.45, 7) is 8.03. The highest BCUT2D eigenvalue weighted by Gasteiger charge is 2.32. The summed E-state index contributed by atoms with van der Waals surface area (Å²) >= 11 is 6.43. The van der Waals surface area contributed by atoms with E-state index in [2.05, 4.69) is 11.4 Å². The van der Waals surface area contributed by atoms with Gasteiger partial charge >= 0.3 is 6.09 Å². The molecule has 1 aliphatic rings. The van der Waals surface area contributed by atoms with E-state index < -0.39 is 5.60 Å². The van der Waals surface area contributed by atoms with E-state index in [0.717, 1.165) is 36.5 Å². The SMILES string of the molecule is CNCC(c1ccccc1Cl)C1CCCN(C(=O)OC(C)(C)C)C1. The number of hydrogen-bond donors (Lipinski definition) is 1. The molecule has 134 valence electrons. The topological polar surface area (TPSA) is 41.6 Å². The van der Waals surface area contributed by atoms with Crippen LogP contribution in [-0.4, -0.2) is 43.3 Å². The van der Waals surface area contributed by atoms with E-state index in [-0.39, 0.29) is 12.0 Å². The maximum absolute atomic E-state index is 12.4. The molecule has 2 atom stereocenters. The smallest absolute Gasteiger partial charge is 0.410 e. The van der Waals surface area contributed by atoms with E-state index in [1.807, 2.05) is 50.9 Å². The Hall–Kier alpha value is -1.26. The van der Waals surface area contributed by atoms with Gasteiger partial charge in [0.05, 0.1) is 0 Å². The number of amides is 1. The molecule has 0 aromatic heterocycles. The maximum Gasteiger partial charge on any atom is 0.410 e. The van der Waals surface area contributed by atoms with E-state index in [4.69, 9.17) is 16.3 Å². The molecule has 2 rings (SSSR count). The summed E-state index contributed by atoms with van der Waals surface area (Å²) in [5, 5.41) is 4.08. The summed E-state index contributed by atoms with van der Waals surface area (Å²) in [6.07, 6.45) is 1.88. The number of likely N-dealkylation sites (tertiary alicyclic amines) is 1. The van der Waals surface area contributed by atoms with Gasteiger partial charge in [0.2, 0.25) is 0 Å². The van der Waals surface area contributed by atoms with Crippen molar-refractivity contribution in [3.05, 3.63) is 34.9 Å². The molecule has 0 spiro atoms. The van der Waals surface area contributed by atoms with Crippen molar-refractivity contribution in [2.45, 2.75) is 45.1 Å². The number of benzene rings is 1. The van der Waals surface area contributed by atoms with Crippen molar-refractivity contribution in [3.63, 3.8) is 0 Å². The van der Waals surface area contributed by atoms with Gasteiger partial charge in [-0.1, -0.05) is 29.8 Å². The Morgan fingerprint density at radius 1 is 1.42 bits per heavy atom. The Morgan fingerprint density at radius 3 is 2.75 bits per heavy atom. The zero-order valence-corrected chi connectivity index (χ0v) is 15.9. The van der Waals surface area contributed by atoms with Gasteiger partial charge < -0.3 is 15.0 Å². The monoisotopic (exact) mass is 352 g/mol. The number of piperidine rings is 1. The summed E-state index contributed by atoms with van der Waals surface area (Å²) in [6, 6.07) is 8.01. The van der Waals surface area contributed by atoms with E-state index in [0.29, 0.717) is 12.5 Å². The standard InChI is InChI=1S/C19H29ClN2O2/c1-19(2,3)24-18(23)22-11-7-8-14(13-22)16(12-21-4)15-9-5-6-10-17(15)20/h5-6,9-10,14,16,21H,7-8,11-13H2,1-4H3. The van der Waals surface area contributed by atoms with Crippen LogP contribution in [0.25, 0.3) is 0 Å². The van der Waals surface area contributed by atoms with E-state index >= 15 is 0 Å². The molecule has 1 aliphatic heterocycles. The molecule has 1 fully saturated rings. The number of likely N-dealkylation sites (N-methyl/N-ethyl adjacent to an activating group) is 1. The molecule has 1 saturated heterocycles. The van der Waals surface area contributed by atoms with Crippen LogP contribution in [-0.2, 0) is 4.74 Å². The molecule has 4 nitrogen and oxygen atoms in total. The Morgan fingerprint density at radius 2 is 2.12 bits per heavy atom. The first-order valence-electron chi connectivity index (χ1n) is 8.69. The minimum absolute atomic E-state index is 0.213. The number of hydrogen-bond acceptors (Lipinski definition) is 3. The minimum Gasteiger partial charge on any atom is -0.444 e. The van der Waals surface area contributed by atoms with Crippen LogP contribution >= 0.6 is 11.6 Å². The molecule has 5 heteroatoms. The average molecular weight is 353 g/mol. The number of halogens is 1. The lowest BCUT2D eigenvalue weighted by atomic mass is 9.81. The van der Waals surface area contributed by atoms with Gasteiger partial charge in [0.1, 0.15) is 5.60 Å². The second-order valence-electron chi connectivity index (χ2n) is 7.51. The van der Waals surface area contributed by atoms with Crippen molar-refractivity contribution in [3.8, 4) is 0 Å². The van der Waals surface area contributed by atoms with Gasteiger partial charge in [-0.15, -0.1) is 0 Å². The van der Waals surface area contributed by atoms with Crippen LogP contribution in [0.4, 0.5) is 4.79 Å². The predicted molar refractivity (Wildman–Crippen MR) is 98.7 cm³/mol. The first kappa shape index (κ1) is 19.1. The highest BCUT2D eigenvalue weighted by atomic mass is 35.5. The van der Waals surface area contributed by atoms with Gasteiger partial charge in [0, 0.05) is 30.6 Å². The summed E-state index contributed by atoms with van der Waals surface area (Å²) < 4.78 is 5.54. The van der Waals surface area contributed by atoms with Crippen LogP contribution in [0.5, 0.6) is 0 Å². The molecular formula is C19H29ClN2O2. The van der Waals surface area contributed by atoms with E-state index in [9.17, 15) is 4.79 Å². The van der Waals surface area contributed by atoms with Gasteiger partial charge in [0.25, 0.3) is 0 Å². The number of nitrogens with zero attached hydrogens (tertiary/aromatic N) is 1. The predicted octanol–water partition coefficient (Wildman–Crippen LogP) is 4.29. The second kappa shape index (κ2) is 8.21. The molecule has 0 radical (unpaired) electrons. The normalized spacial score (nSPS) is 19.9. The molecule has 0 aliphatic carbocycles. The van der Waals surface area contributed by atoms with Gasteiger partial charge in [-0.05, 0) is 58.2 Å². The lowest BCUT2D eigenvalue weighted by Gasteiger charge is -2.38. The quantitative estimate of drug-likeness (QED) is 0.878. The summed E-state index contributed by atoms with van der Waals surface area (Å²) in [4.78, 5) is 14.3. The highest BCUT2D eigenvalue weighted by molar-refractivity contribution is 6.31. The Balaban J connectivity index is 2.13. The molecule has 1 heterocycles. The number of carbonyl (C=O) groups is 1. The molecule has 24 heavy (non-hydrogen) atoms. The van der Waals surface area contributed by atoms with Gasteiger partial charge in [-0.25, -0.2) is 4.79 Å². The minimum atomic E-state index is -0.461. The molecule has 0 bridgehead atoms. The number of rotatable bonds is 4. The third-order valence-electron chi connectivity index (χ3n) is 4.41. The van der Waals surface area contributed by atoms with Crippen LogP contribution < -0.4 is 5.32 Å². The third kappa shape index (κ3) is 5.12. The van der Waals surface area contributed by atoms with Crippen LogP contribution in [0.15, 0.2) is 24.3 Å². The Kier molecular flexibility index (Phi) is 6.53. The molecule has 2 unspecified atom stereocenters. The van der Waals surface area contributed by atoms with Crippen LogP contribution in [0.3, 0.4) is 0 Å². The maximum atomic E-state index is 12.4. The van der Waals surface area contributed by atoms with Crippen molar-refractivity contribution in [2.75, 3.05) is 26.7 Å². The molecule has 1 aromatic rings. The molecule has 1 aromatic carbocycles. The lowest BCUT2D eigenvalue weighted by molar-refractivity contribution is 0.0151. The first-order chi connectivity index (χ1) is 11.3. The van der Waals surface area contributed by atoms with Crippen molar-refractivity contribution < 1.29 is 9.53 Å². The van der Waals surface area contributed by atoms with E-state index in [1.165, 1.54) is 0 Å². The fraction of sp³-hybridized carbons (Fsp3) is 0.632. The number of nitrogens with one attached hydrogen (secondary N) is 1. The second-order valence-corrected chi connectivity index (χ2v) is 7.92. The molecule has 1 amide bonds. The van der Waals surface area contributed by atoms with Crippen molar-refractivity contribution in [1.29, 1.82) is 0 Å². The Labute approximate surface area is 150 Å². The van der Waals surface area contributed by atoms with Crippen LogP contribution in [0, 0.1) is 5.92 Å². The van der Waals surface area contributed by atoms with Crippen molar-refractivity contribution in [2.24, 2.45) is 5.92 Å². The summed E-state index contributed by atoms with van der Waals surface area (Å²) in [7, 11) is 1.96. The summed E-state index contributed by atoms with van der Waals surface area (Å²) in [5.74, 6) is 0.660. The zero-order chi connectivity index (χ0) is 17.7. The van der Waals surface area contributed by atoms with Gasteiger partial charge in [0.15, 0.2) is 0 Å². The molecule has 0 saturated carbocycles. The van der Waals surface area contributed by atoms with E-state index in [1.54, 1.807) is 0 Å². The van der Waals surface area contributed by atoms with Crippen LogP contribution in [0.2, 0.25) is 5.02 Å². The van der Waals surface area contributed by atoms with Gasteiger partial charge in [-0.2, -0.15) is 0 Å². The summed E-state index contributed by atoms with van der Waals surface area (Å²) in [5.41, 5.74) is 0.696. The number of carbonyl (C=O) groups excluding carboxylic acids is 1. The Bertz CT molecular complexity index is 557. The first-order valence-corrected chi connectivity index (χ1v) is 9.06. The third-order valence-corrected chi connectivity index (χ3v) is 4.75. The zero-order valence-electron chi connectivity index (χ0n) is 15.1. The lowest BCUT2D eigenvalue weighted by Crippen LogP contribution is -2.45. The van der Waals surface area contributed by atoms with Crippen LogP contribution in [0.1, 0.15) is 45.1 Å².